The topological polar surface area (TPSA) is 71.5 Å². The van der Waals surface area contributed by atoms with E-state index < -0.39 is 0 Å². The summed E-state index contributed by atoms with van der Waals surface area (Å²) in [5.41, 5.74) is 1.54. The first-order valence-corrected chi connectivity index (χ1v) is 8.66. The molecule has 4 rings (SSSR count). The second-order valence-corrected chi connectivity index (χ2v) is 6.70. The Labute approximate surface area is 148 Å². The molecule has 2 aromatic carbocycles. The Morgan fingerprint density at radius 2 is 2.00 bits per heavy atom. The lowest BCUT2D eigenvalue weighted by molar-refractivity contribution is -0.125. The molecule has 126 valence electrons. The molecule has 1 aromatic heterocycles. The Balaban J connectivity index is 1.43. The fraction of sp³-hybridized carbons (Fsp3) is 0.167. The molecule has 0 spiro atoms. The standard InChI is InChI=1S/C18H15N3O3S/c22-16(19-9-17-20-12-5-1-4-8-15(12)25-17)10-21-13-6-2-3-7-14(13)24-11-18(21)23/h1-8H,9-11H2,(H,19,22). The summed E-state index contributed by atoms with van der Waals surface area (Å²) in [6.07, 6.45) is 0. The highest BCUT2D eigenvalue weighted by molar-refractivity contribution is 7.18. The molecule has 0 atom stereocenters. The molecule has 1 N–H and O–H groups in total. The van der Waals surface area contributed by atoms with Crippen molar-refractivity contribution in [2.75, 3.05) is 18.1 Å². The van der Waals surface area contributed by atoms with Gasteiger partial charge >= 0.3 is 0 Å². The van der Waals surface area contributed by atoms with E-state index in [1.165, 1.54) is 4.90 Å². The highest BCUT2D eigenvalue weighted by Gasteiger charge is 2.26. The Hall–Kier alpha value is -2.93. The quantitative estimate of drug-likeness (QED) is 0.781. The molecule has 1 aliphatic heterocycles. The zero-order chi connectivity index (χ0) is 17.2. The molecule has 0 radical (unpaired) electrons. The van der Waals surface area contributed by atoms with Gasteiger partial charge in [-0.05, 0) is 24.3 Å². The second-order valence-electron chi connectivity index (χ2n) is 5.59. The van der Waals surface area contributed by atoms with Crippen LogP contribution in [0.1, 0.15) is 5.01 Å². The Bertz CT molecular complexity index is 920. The lowest BCUT2D eigenvalue weighted by Gasteiger charge is -2.28. The van der Waals surface area contributed by atoms with Crippen LogP contribution in [0.25, 0.3) is 10.2 Å². The zero-order valence-electron chi connectivity index (χ0n) is 13.3. The summed E-state index contributed by atoms with van der Waals surface area (Å²) >= 11 is 1.55. The predicted octanol–water partition coefficient (Wildman–Crippen LogP) is 2.34. The van der Waals surface area contributed by atoms with Crippen molar-refractivity contribution in [3.05, 3.63) is 53.5 Å². The first kappa shape index (κ1) is 15.6. The molecule has 2 heterocycles. The molecule has 1 aliphatic rings. The molecule has 0 aliphatic carbocycles. The van der Waals surface area contributed by atoms with Crippen molar-refractivity contribution in [3.63, 3.8) is 0 Å². The number of hydrogen-bond donors (Lipinski definition) is 1. The lowest BCUT2D eigenvalue weighted by atomic mass is 10.2. The van der Waals surface area contributed by atoms with Crippen molar-refractivity contribution in [2.45, 2.75) is 6.54 Å². The minimum Gasteiger partial charge on any atom is -0.482 e. The minimum atomic E-state index is -0.232. The van der Waals surface area contributed by atoms with E-state index in [1.54, 1.807) is 23.5 Å². The molecule has 7 heteroatoms. The number of amides is 2. The third-order valence-electron chi connectivity index (χ3n) is 3.88. The van der Waals surface area contributed by atoms with Gasteiger partial charge in [-0.3, -0.25) is 14.5 Å². The molecule has 6 nitrogen and oxygen atoms in total. The number of anilines is 1. The molecule has 0 fully saturated rings. The van der Waals surface area contributed by atoms with Gasteiger partial charge < -0.3 is 10.1 Å². The van der Waals surface area contributed by atoms with E-state index in [4.69, 9.17) is 4.74 Å². The number of nitrogens with one attached hydrogen (secondary N) is 1. The number of carbonyl (C=O) groups is 2. The van der Waals surface area contributed by atoms with Gasteiger partial charge in [0.1, 0.15) is 17.3 Å². The number of para-hydroxylation sites is 3. The third kappa shape index (κ3) is 3.18. The number of benzene rings is 2. The van der Waals surface area contributed by atoms with Crippen LogP contribution >= 0.6 is 11.3 Å². The SMILES string of the molecule is O=C(CN1C(=O)COc2ccccc21)NCc1nc2ccccc2s1. The van der Waals surface area contributed by atoms with Crippen molar-refractivity contribution in [1.29, 1.82) is 0 Å². The summed E-state index contributed by atoms with van der Waals surface area (Å²) in [5, 5.41) is 3.67. The van der Waals surface area contributed by atoms with E-state index in [1.807, 2.05) is 36.4 Å². The predicted molar refractivity (Wildman–Crippen MR) is 95.8 cm³/mol. The van der Waals surface area contributed by atoms with Gasteiger partial charge in [0.15, 0.2) is 6.61 Å². The maximum Gasteiger partial charge on any atom is 0.265 e. The maximum atomic E-state index is 12.3. The van der Waals surface area contributed by atoms with E-state index in [2.05, 4.69) is 10.3 Å². The number of nitrogens with zero attached hydrogens (tertiary/aromatic N) is 2. The van der Waals surface area contributed by atoms with Crippen LogP contribution in [0.15, 0.2) is 48.5 Å². The first-order valence-electron chi connectivity index (χ1n) is 7.84. The summed E-state index contributed by atoms with van der Waals surface area (Å²) in [5.74, 6) is 0.152. The van der Waals surface area contributed by atoms with Gasteiger partial charge in [-0.1, -0.05) is 24.3 Å². The summed E-state index contributed by atoms with van der Waals surface area (Å²) in [6.45, 7) is 0.255. The molecular weight excluding hydrogens is 338 g/mol. The highest BCUT2D eigenvalue weighted by Crippen LogP contribution is 2.31. The van der Waals surface area contributed by atoms with Gasteiger partial charge in [-0.15, -0.1) is 11.3 Å². The van der Waals surface area contributed by atoms with E-state index in [0.29, 0.717) is 18.0 Å². The summed E-state index contributed by atoms with van der Waals surface area (Å²) in [7, 11) is 0. The Morgan fingerprint density at radius 3 is 2.88 bits per heavy atom. The zero-order valence-corrected chi connectivity index (χ0v) is 14.1. The smallest absolute Gasteiger partial charge is 0.265 e. The summed E-state index contributed by atoms with van der Waals surface area (Å²) < 4.78 is 6.47. The molecule has 0 saturated carbocycles. The monoisotopic (exact) mass is 353 g/mol. The number of rotatable bonds is 4. The van der Waals surface area contributed by atoms with Crippen LogP contribution in [-0.4, -0.2) is 29.9 Å². The largest absolute Gasteiger partial charge is 0.482 e. The van der Waals surface area contributed by atoms with Gasteiger partial charge in [-0.25, -0.2) is 4.98 Å². The van der Waals surface area contributed by atoms with Crippen molar-refractivity contribution in [1.82, 2.24) is 10.3 Å². The Morgan fingerprint density at radius 1 is 1.20 bits per heavy atom. The molecule has 0 unspecified atom stereocenters. The fourth-order valence-electron chi connectivity index (χ4n) is 2.70. The van der Waals surface area contributed by atoms with Crippen molar-refractivity contribution in [2.24, 2.45) is 0 Å². The van der Waals surface area contributed by atoms with Crippen molar-refractivity contribution in [3.8, 4) is 5.75 Å². The first-order chi connectivity index (χ1) is 12.2. The van der Waals surface area contributed by atoms with Crippen molar-refractivity contribution >= 4 is 39.1 Å². The van der Waals surface area contributed by atoms with Crippen molar-refractivity contribution < 1.29 is 14.3 Å². The van der Waals surface area contributed by atoms with E-state index in [0.717, 1.165) is 15.2 Å². The third-order valence-corrected chi connectivity index (χ3v) is 4.92. The van der Waals surface area contributed by atoms with Crippen LogP contribution in [0.3, 0.4) is 0 Å². The van der Waals surface area contributed by atoms with Gasteiger partial charge in [0.25, 0.3) is 5.91 Å². The van der Waals surface area contributed by atoms with Gasteiger partial charge in [0, 0.05) is 0 Å². The molecule has 3 aromatic rings. The van der Waals surface area contributed by atoms with Gasteiger partial charge in [-0.2, -0.15) is 0 Å². The molecule has 0 bridgehead atoms. The van der Waals surface area contributed by atoms with Crippen LogP contribution < -0.4 is 15.0 Å². The fourth-order valence-corrected chi connectivity index (χ4v) is 3.60. The van der Waals surface area contributed by atoms with E-state index in [9.17, 15) is 9.59 Å². The summed E-state index contributed by atoms with van der Waals surface area (Å²) in [6, 6.07) is 15.0. The molecular formula is C18H15N3O3S. The normalized spacial score (nSPS) is 13.4. The number of ether oxygens (including phenoxy) is 1. The molecule has 2 amide bonds. The van der Waals surface area contributed by atoms with Crippen LogP contribution in [0.2, 0.25) is 0 Å². The van der Waals surface area contributed by atoms with E-state index >= 15 is 0 Å². The number of fused-ring (bicyclic) bond motifs is 2. The Kier molecular flexibility index (Phi) is 4.07. The van der Waals surface area contributed by atoms with Crippen LogP contribution in [0, 0.1) is 0 Å². The van der Waals surface area contributed by atoms with E-state index in [-0.39, 0.29) is 25.0 Å². The van der Waals surface area contributed by atoms with Crippen LogP contribution in [-0.2, 0) is 16.1 Å². The summed E-state index contributed by atoms with van der Waals surface area (Å²) in [4.78, 5) is 30.3. The lowest BCUT2D eigenvalue weighted by Crippen LogP contribution is -2.45. The van der Waals surface area contributed by atoms with Gasteiger partial charge in [0.05, 0.1) is 22.4 Å². The van der Waals surface area contributed by atoms with Crippen LogP contribution in [0.5, 0.6) is 5.75 Å². The van der Waals surface area contributed by atoms with Gasteiger partial charge in [0.2, 0.25) is 5.91 Å². The van der Waals surface area contributed by atoms with Crippen LogP contribution in [0.4, 0.5) is 5.69 Å². The average molecular weight is 353 g/mol. The minimum absolute atomic E-state index is 0.0376. The second kappa shape index (κ2) is 6.52. The molecule has 0 saturated heterocycles. The number of carbonyl (C=O) groups excluding carboxylic acids is 2. The highest BCUT2D eigenvalue weighted by atomic mass is 32.1. The molecule has 25 heavy (non-hydrogen) atoms. The average Bonchev–Trinajstić information content (AvgIpc) is 3.05. The number of aromatic nitrogens is 1. The maximum absolute atomic E-state index is 12.3. The number of thiazole rings is 1. The number of hydrogen-bond acceptors (Lipinski definition) is 5.